The van der Waals surface area contributed by atoms with Gasteiger partial charge in [0.25, 0.3) is 0 Å². The van der Waals surface area contributed by atoms with E-state index < -0.39 is 9.84 Å². The lowest BCUT2D eigenvalue weighted by atomic mass is 10.2. The number of nitrogens with zero attached hydrogens (tertiary/aromatic N) is 2. The summed E-state index contributed by atoms with van der Waals surface area (Å²) in [4.78, 5) is 8.64. The van der Waals surface area contributed by atoms with Gasteiger partial charge in [-0.3, -0.25) is 0 Å². The van der Waals surface area contributed by atoms with E-state index in [1.165, 1.54) is 0 Å². The third kappa shape index (κ3) is 4.33. The lowest BCUT2D eigenvalue weighted by molar-refractivity contribution is 0.561. The van der Waals surface area contributed by atoms with E-state index in [-0.39, 0.29) is 11.8 Å². The van der Waals surface area contributed by atoms with Crippen molar-refractivity contribution in [2.24, 2.45) is 0 Å². The second-order valence-corrected chi connectivity index (χ2v) is 7.44. The molecular weight excluding hydrogens is 276 g/mol. The predicted molar refractivity (Wildman–Crippen MR) is 80.8 cm³/mol. The lowest BCUT2D eigenvalue weighted by Gasteiger charge is -2.23. The van der Waals surface area contributed by atoms with Gasteiger partial charge in [0.1, 0.15) is 17.5 Å². The van der Waals surface area contributed by atoms with Crippen LogP contribution in [0.25, 0.3) is 0 Å². The zero-order valence-electron chi connectivity index (χ0n) is 12.0. The van der Waals surface area contributed by atoms with Gasteiger partial charge < -0.3 is 10.6 Å². The molecule has 1 atom stereocenters. The Bertz CT molecular complexity index is 559. The monoisotopic (exact) mass is 298 g/mol. The van der Waals surface area contributed by atoms with Gasteiger partial charge in [-0.25, -0.2) is 18.4 Å². The fourth-order valence-electron chi connectivity index (χ4n) is 2.33. The molecule has 112 valence electrons. The summed E-state index contributed by atoms with van der Waals surface area (Å²) >= 11 is 0. The van der Waals surface area contributed by atoms with Crippen molar-refractivity contribution in [1.82, 2.24) is 9.97 Å². The molecule has 1 aliphatic heterocycles. The highest BCUT2D eigenvalue weighted by atomic mass is 32.2. The number of hydrogen-bond donors (Lipinski definition) is 2. The highest BCUT2D eigenvalue weighted by Crippen LogP contribution is 2.18. The van der Waals surface area contributed by atoms with E-state index in [1.807, 2.05) is 13.0 Å². The summed E-state index contributed by atoms with van der Waals surface area (Å²) in [5.41, 5.74) is 0. The first-order valence-electron chi connectivity index (χ1n) is 7.05. The van der Waals surface area contributed by atoms with Gasteiger partial charge in [-0.05, 0) is 26.2 Å². The number of rotatable bonds is 5. The molecule has 1 aromatic rings. The molecule has 1 aromatic heterocycles. The lowest BCUT2D eigenvalue weighted by Crippen LogP contribution is -2.35. The normalized spacial score (nSPS) is 21.4. The van der Waals surface area contributed by atoms with Crippen LogP contribution in [0.3, 0.4) is 0 Å². The number of aryl methyl sites for hydroxylation is 1. The van der Waals surface area contributed by atoms with Crippen LogP contribution in [-0.4, -0.2) is 42.5 Å². The van der Waals surface area contributed by atoms with Crippen molar-refractivity contribution in [3.8, 4) is 0 Å². The summed E-state index contributed by atoms with van der Waals surface area (Å²) in [6, 6.07) is 1.78. The van der Waals surface area contributed by atoms with E-state index in [9.17, 15) is 8.42 Å². The van der Waals surface area contributed by atoms with Gasteiger partial charge >= 0.3 is 0 Å². The first-order chi connectivity index (χ1) is 9.48. The van der Waals surface area contributed by atoms with Gasteiger partial charge in [-0.2, -0.15) is 0 Å². The minimum absolute atomic E-state index is 0.0536. The Kier molecular flexibility index (Phi) is 4.80. The average molecular weight is 298 g/mol. The maximum atomic E-state index is 11.6. The molecule has 6 nitrogen and oxygen atoms in total. The highest BCUT2D eigenvalue weighted by Gasteiger charge is 2.24. The van der Waals surface area contributed by atoms with E-state index in [0.717, 1.165) is 25.2 Å². The average Bonchev–Trinajstić information content (AvgIpc) is 2.34. The number of nitrogens with one attached hydrogen (secondary N) is 2. The quantitative estimate of drug-likeness (QED) is 0.859. The van der Waals surface area contributed by atoms with Gasteiger partial charge in [-0.15, -0.1) is 0 Å². The first-order valence-corrected chi connectivity index (χ1v) is 8.87. The molecule has 2 rings (SSSR count). The third-order valence-electron chi connectivity index (χ3n) is 3.21. The second kappa shape index (κ2) is 6.39. The van der Waals surface area contributed by atoms with E-state index in [1.54, 1.807) is 0 Å². The van der Waals surface area contributed by atoms with Gasteiger partial charge in [0.2, 0.25) is 0 Å². The standard InChI is InChI=1S/C13H22N4O2S/c1-3-6-14-12-8-13(16-10(2)15-12)17-11-5-4-7-20(18,19)9-11/h8,11H,3-7,9H2,1-2H3,(H2,14,15,16,17). The van der Waals surface area contributed by atoms with Crippen LogP contribution in [0.5, 0.6) is 0 Å². The van der Waals surface area contributed by atoms with Crippen molar-refractivity contribution in [1.29, 1.82) is 0 Å². The number of anilines is 2. The van der Waals surface area contributed by atoms with Crippen LogP contribution in [0.1, 0.15) is 32.0 Å². The molecule has 0 aromatic carbocycles. The SMILES string of the molecule is CCCNc1cc(NC2CCCS(=O)(=O)C2)nc(C)n1. The molecule has 1 aliphatic rings. The van der Waals surface area contributed by atoms with Crippen LogP contribution >= 0.6 is 0 Å². The zero-order valence-corrected chi connectivity index (χ0v) is 12.8. The van der Waals surface area contributed by atoms with E-state index in [4.69, 9.17) is 0 Å². The minimum Gasteiger partial charge on any atom is -0.370 e. The molecule has 1 fully saturated rings. The number of aromatic nitrogens is 2. The topological polar surface area (TPSA) is 84.0 Å². The summed E-state index contributed by atoms with van der Waals surface area (Å²) in [6.07, 6.45) is 2.59. The summed E-state index contributed by atoms with van der Waals surface area (Å²) in [5, 5.41) is 6.44. The Balaban J connectivity index is 2.06. The molecule has 2 heterocycles. The van der Waals surface area contributed by atoms with E-state index >= 15 is 0 Å². The molecule has 1 unspecified atom stereocenters. The Hall–Kier alpha value is -1.37. The molecule has 0 radical (unpaired) electrons. The van der Waals surface area contributed by atoms with Crippen LogP contribution in [0.2, 0.25) is 0 Å². The minimum atomic E-state index is -2.91. The molecule has 0 aliphatic carbocycles. The van der Waals surface area contributed by atoms with Crippen LogP contribution in [0.15, 0.2) is 6.07 Å². The van der Waals surface area contributed by atoms with Gasteiger partial charge in [0.15, 0.2) is 9.84 Å². The summed E-state index contributed by atoms with van der Waals surface area (Å²) in [6.45, 7) is 4.78. The van der Waals surface area contributed by atoms with Crippen molar-refractivity contribution >= 4 is 21.5 Å². The van der Waals surface area contributed by atoms with E-state index in [2.05, 4.69) is 27.5 Å². The molecule has 0 amide bonds. The van der Waals surface area contributed by atoms with Crippen LogP contribution in [-0.2, 0) is 9.84 Å². The van der Waals surface area contributed by atoms with Crippen LogP contribution in [0, 0.1) is 6.92 Å². The second-order valence-electron chi connectivity index (χ2n) is 5.21. The molecule has 7 heteroatoms. The molecular formula is C13H22N4O2S. The summed E-state index contributed by atoms with van der Waals surface area (Å²) in [5.74, 6) is 2.64. The molecule has 0 bridgehead atoms. The first kappa shape index (κ1) is 15.0. The Morgan fingerprint density at radius 1 is 1.35 bits per heavy atom. The van der Waals surface area contributed by atoms with Crippen LogP contribution in [0.4, 0.5) is 11.6 Å². The predicted octanol–water partition coefficient (Wildman–Crippen LogP) is 1.60. The Morgan fingerprint density at radius 3 is 2.80 bits per heavy atom. The van der Waals surface area contributed by atoms with Crippen molar-refractivity contribution < 1.29 is 8.42 Å². The number of sulfone groups is 1. The molecule has 20 heavy (non-hydrogen) atoms. The Labute approximate surface area is 120 Å². The van der Waals surface area contributed by atoms with E-state index in [0.29, 0.717) is 23.8 Å². The zero-order chi connectivity index (χ0) is 14.6. The third-order valence-corrected chi connectivity index (χ3v) is 5.03. The maximum Gasteiger partial charge on any atom is 0.152 e. The smallest absolute Gasteiger partial charge is 0.152 e. The van der Waals surface area contributed by atoms with Gasteiger partial charge in [0, 0.05) is 18.7 Å². The maximum absolute atomic E-state index is 11.6. The molecule has 2 N–H and O–H groups in total. The Morgan fingerprint density at radius 2 is 2.10 bits per heavy atom. The van der Waals surface area contributed by atoms with Gasteiger partial charge in [-0.1, -0.05) is 6.92 Å². The summed E-state index contributed by atoms with van der Waals surface area (Å²) < 4.78 is 23.3. The van der Waals surface area contributed by atoms with Crippen LogP contribution < -0.4 is 10.6 Å². The van der Waals surface area contributed by atoms with Crippen molar-refractivity contribution in [2.75, 3.05) is 28.7 Å². The van der Waals surface area contributed by atoms with Crippen molar-refractivity contribution in [2.45, 2.75) is 39.2 Å². The van der Waals surface area contributed by atoms with Gasteiger partial charge in [0.05, 0.1) is 11.5 Å². The molecule has 0 spiro atoms. The largest absolute Gasteiger partial charge is 0.370 e. The highest BCUT2D eigenvalue weighted by molar-refractivity contribution is 7.91. The molecule has 0 saturated carbocycles. The fourth-order valence-corrected chi connectivity index (χ4v) is 3.97. The number of hydrogen-bond acceptors (Lipinski definition) is 6. The van der Waals surface area contributed by atoms with Crippen molar-refractivity contribution in [3.63, 3.8) is 0 Å². The molecule has 1 saturated heterocycles. The summed E-state index contributed by atoms with van der Waals surface area (Å²) in [7, 11) is -2.91. The van der Waals surface area contributed by atoms with Crippen molar-refractivity contribution in [3.05, 3.63) is 11.9 Å². The fraction of sp³-hybridized carbons (Fsp3) is 0.692.